The summed E-state index contributed by atoms with van der Waals surface area (Å²) >= 11 is 0. The Kier molecular flexibility index (Phi) is 14.2. The molecule has 0 aliphatic carbocycles. The number of aliphatic hydroxyl groups is 1. The Hall–Kier alpha value is -3.79. The maximum Gasteiger partial charge on any atom is 0.326 e. The summed E-state index contributed by atoms with van der Waals surface area (Å²) < 4.78 is 0. The highest BCUT2D eigenvalue weighted by Gasteiger charge is 2.36. The molecule has 1 saturated heterocycles. The second-order valence-electron chi connectivity index (χ2n) is 10.6. The number of likely N-dealkylation sites (tertiary alicyclic amines) is 1. The van der Waals surface area contributed by atoms with Gasteiger partial charge in [0.05, 0.1) is 18.7 Å². The highest BCUT2D eigenvalue weighted by molar-refractivity contribution is 5.95. The van der Waals surface area contributed by atoms with E-state index < -0.39 is 84.3 Å². The third kappa shape index (κ3) is 11.7. The Balaban J connectivity index is 2.76. The van der Waals surface area contributed by atoms with E-state index >= 15 is 0 Å². The van der Waals surface area contributed by atoms with E-state index in [-0.39, 0.29) is 31.7 Å². The lowest BCUT2D eigenvalue weighted by atomic mass is 10.0. The number of aliphatic carboxylic acids is 1. The Morgan fingerprint density at radius 3 is 2.12 bits per heavy atom. The molecule has 1 fully saturated rings. The Labute approximate surface area is 238 Å². The molecule has 0 aromatic rings. The van der Waals surface area contributed by atoms with E-state index in [1.54, 1.807) is 13.8 Å². The molecule has 6 amide bonds. The van der Waals surface area contributed by atoms with E-state index in [0.717, 1.165) is 0 Å². The van der Waals surface area contributed by atoms with Crippen molar-refractivity contribution in [3.8, 4) is 0 Å². The number of hydrogen-bond acceptors (Lipinski definition) is 9. The molecular formula is C25H43N7O9. The van der Waals surface area contributed by atoms with Gasteiger partial charge in [0.25, 0.3) is 0 Å². The predicted molar refractivity (Wildman–Crippen MR) is 144 cm³/mol. The zero-order valence-electron chi connectivity index (χ0n) is 23.8. The summed E-state index contributed by atoms with van der Waals surface area (Å²) in [6.45, 7) is 5.97. The average Bonchev–Trinajstić information content (AvgIpc) is 3.37. The second-order valence-corrected chi connectivity index (χ2v) is 10.6. The second kappa shape index (κ2) is 16.5. The zero-order valence-corrected chi connectivity index (χ0v) is 23.8. The van der Waals surface area contributed by atoms with E-state index in [0.29, 0.717) is 12.8 Å². The summed E-state index contributed by atoms with van der Waals surface area (Å²) in [5.41, 5.74) is 10.8. The van der Waals surface area contributed by atoms with E-state index in [1.165, 1.54) is 18.7 Å². The lowest BCUT2D eigenvalue weighted by Gasteiger charge is -2.26. The van der Waals surface area contributed by atoms with Gasteiger partial charge in [-0.3, -0.25) is 28.8 Å². The SMILES string of the molecule is CC(C)C[C@H](NC(=O)[C@@H](NC(=O)[C@@H](N)CCC(N)=O)[C@@H](C)O)C(=O)NCC(=O)N[C@@H](C)C(=O)N1CCC[C@H]1C(=O)O. The van der Waals surface area contributed by atoms with Crippen molar-refractivity contribution in [3.63, 3.8) is 0 Å². The van der Waals surface area contributed by atoms with Gasteiger partial charge in [-0.25, -0.2) is 4.79 Å². The molecular weight excluding hydrogens is 542 g/mol. The van der Waals surface area contributed by atoms with Crippen molar-refractivity contribution in [3.05, 3.63) is 0 Å². The maximum absolute atomic E-state index is 12.9. The molecule has 16 heteroatoms. The van der Waals surface area contributed by atoms with E-state index in [2.05, 4.69) is 21.3 Å². The third-order valence-corrected chi connectivity index (χ3v) is 6.43. The molecule has 0 unspecified atom stereocenters. The van der Waals surface area contributed by atoms with Crippen LogP contribution in [0.25, 0.3) is 0 Å². The summed E-state index contributed by atoms with van der Waals surface area (Å²) in [5.74, 6) is -5.53. The maximum atomic E-state index is 12.9. The number of hydrogen-bond donors (Lipinski definition) is 8. The first-order valence-corrected chi connectivity index (χ1v) is 13.5. The first kappa shape index (κ1) is 35.2. The summed E-state index contributed by atoms with van der Waals surface area (Å²) in [6.07, 6.45) is -0.590. The van der Waals surface area contributed by atoms with Gasteiger partial charge in [0.2, 0.25) is 35.4 Å². The lowest BCUT2D eigenvalue weighted by Crippen LogP contribution is -2.59. The van der Waals surface area contributed by atoms with Gasteiger partial charge in [0.1, 0.15) is 24.2 Å². The largest absolute Gasteiger partial charge is 0.480 e. The normalized spacial score (nSPS) is 18.4. The molecule has 0 aromatic carbocycles. The number of nitrogens with two attached hydrogens (primary N) is 2. The molecule has 10 N–H and O–H groups in total. The molecule has 1 heterocycles. The minimum absolute atomic E-state index is 0.0713. The standard InChI is InChI=1S/C25H43N7O9/c1-12(2)10-16(30-23(38)20(14(4)33)31-21(36)15(26)7-8-18(27)34)22(37)28-11-19(35)29-13(3)24(39)32-9-5-6-17(32)25(40)41/h12-17,20,33H,5-11,26H2,1-4H3,(H2,27,34)(H,28,37)(H,29,35)(H,30,38)(H,31,36)(H,40,41)/t13-,14+,15-,16-,17-,20-/m0/s1. The average molecular weight is 586 g/mol. The minimum atomic E-state index is -1.47. The number of aliphatic hydroxyl groups excluding tert-OH is 1. The lowest BCUT2D eigenvalue weighted by molar-refractivity contribution is -0.149. The molecule has 1 aliphatic rings. The number of carbonyl (C=O) groups excluding carboxylic acids is 6. The first-order valence-electron chi connectivity index (χ1n) is 13.5. The molecule has 1 rings (SSSR count). The van der Waals surface area contributed by atoms with Crippen LogP contribution in [0.1, 0.15) is 59.8 Å². The smallest absolute Gasteiger partial charge is 0.326 e. The van der Waals surface area contributed by atoms with Gasteiger partial charge >= 0.3 is 5.97 Å². The topological polar surface area (TPSA) is 263 Å². The zero-order chi connectivity index (χ0) is 31.4. The summed E-state index contributed by atoms with van der Waals surface area (Å²) in [5, 5.41) is 29.0. The number of carboxylic acid groups (broad SMARTS) is 1. The summed E-state index contributed by atoms with van der Waals surface area (Å²) in [4.78, 5) is 86.7. The van der Waals surface area contributed by atoms with Crippen LogP contribution in [-0.2, 0) is 33.6 Å². The van der Waals surface area contributed by atoms with Crippen molar-refractivity contribution in [2.75, 3.05) is 13.1 Å². The van der Waals surface area contributed by atoms with E-state index in [9.17, 15) is 43.8 Å². The highest BCUT2D eigenvalue weighted by Crippen LogP contribution is 2.18. The first-order chi connectivity index (χ1) is 19.0. The number of amides is 6. The van der Waals surface area contributed by atoms with Crippen molar-refractivity contribution in [1.82, 2.24) is 26.2 Å². The fraction of sp³-hybridized carbons (Fsp3) is 0.720. The van der Waals surface area contributed by atoms with Crippen LogP contribution in [0.2, 0.25) is 0 Å². The molecule has 1 aliphatic heterocycles. The van der Waals surface area contributed by atoms with Gasteiger partial charge in [-0.1, -0.05) is 13.8 Å². The van der Waals surface area contributed by atoms with Crippen LogP contribution in [0.4, 0.5) is 0 Å². The monoisotopic (exact) mass is 585 g/mol. The molecule has 0 spiro atoms. The molecule has 16 nitrogen and oxygen atoms in total. The number of nitrogens with zero attached hydrogens (tertiary/aromatic N) is 1. The van der Waals surface area contributed by atoms with Gasteiger partial charge in [-0.15, -0.1) is 0 Å². The van der Waals surface area contributed by atoms with Crippen LogP contribution in [0.15, 0.2) is 0 Å². The molecule has 41 heavy (non-hydrogen) atoms. The molecule has 0 saturated carbocycles. The number of rotatable bonds is 16. The quantitative estimate of drug-likeness (QED) is 0.0893. The van der Waals surface area contributed by atoms with Crippen molar-refractivity contribution < 1.29 is 43.8 Å². The Morgan fingerprint density at radius 2 is 1.59 bits per heavy atom. The number of carboxylic acids is 1. The molecule has 6 atom stereocenters. The van der Waals surface area contributed by atoms with Crippen molar-refractivity contribution in [2.24, 2.45) is 17.4 Å². The summed E-state index contributed by atoms with van der Waals surface area (Å²) in [6, 6.07) is -5.77. The van der Waals surface area contributed by atoms with Crippen LogP contribution >= 0.6 is 0 Å². The number of carbonyl (C=O) groups is 7. The fourth-order valence-electron chi connectivity index (χ4n) is 4.24. The fourth-order valence-corrected chi connectivity index (χ4v) is 4.24. The molecule has 0 bridgehead atoms. The van der Waals surface area contributed by atoms with Crippen LogP contribution in [0.3, 0.4) is 0 Å². The Bertz CT molecular complexity index is 988. The predicted octanol–water partition coefficient (Wildman–Crippen LogP) is -3.33. The summed E-state index contributed by atoms with van der Waals surface area (Å²) in [7, 11) is 0. The number of nitrogens with one attached hydrogen (secondary N) is 4. The Morgan fingerprint density at radius 1 is 0.951 bits per heavy atom. The van der Waals surface area contributed by atoms with Crippen molar-refractivity contribution >= 4 is 41.4 Å². The van der Waals surface area contributed by atoms with Gasteiger partial charge in [0, 0.05) is 13.0 Å². The van der Waals surface area contributed by atoms with E-state index in [1.807, 2.05) is 0 Å². The van der Waals surface area contributed by atoms with Crippen LogP contribution in [-0.4, -0.2) is 106 Å². The minimum Gasteiger partial charge on any atom is -0.480 e. The van der Waals surface area contributed by atoms with Gasteiger partial charge in [-0.2, -0.15) is 0 Å². The van der Waals surface area contributed by atoms with Crippen LogP contribution < -0.4 is 32.7 Å². The molecule has 232 valence electrons. The highest BCUT2D eigenvalue weighted by atomic mass is 16.4. The van der Waals surface area contributed by atoms with Gasteiger partial charge in [0.15, 0.2) is 0 Å². The van der Waals surface area contributed by atoms with Gasteiger partial charge < -0.3 is 47.8 Å². The van der Waals surface area contributed by atoms with E-state index in [4.69, 9.17) is 11.5 Å². The third-order valence-electron chi connectivity index (χ3n) is 6.43. The number of primary amides is 1. The molecule has 0 aromatic heterocycles. The van der Waals surface area contributed by atoms with Crippen molar-refractivity contribution in [1.29, 1.82) is 0 Å². The van der Waals surface area contributed by atoms with Crippen LogP contribution in [0.5, 0.6) is 0 Å². The van der Waals surface area contributed by atoms with Crippen LogP contribution in [0, 0.1) is 5.92 Å². The van der Waals surface area contributed by atoms with Gasteiger partial charge in [-0.05, 0) is 45.4 Å². The molecule has 0 radical (unpaired) electrons. The van der Waals surface area contributed by atoms with Crippen molar-refractivity contribution in [2.45, 2.75) is 96.1 Å².